The predicted octanol–water partition coefficient (Wildman–Crippen LogP) is 3.35. The molecule has 1 rings (SSSR count). The lowest BCUT2D eigenvalue weighted by atomic mass is 9.99. The molecule has 0 bridgehead atoms. The van der Waals surface area contributed by atoms with Gasteiger partial charge in [0.1, 0.15) is 0 Å². The summed E-state index contributed by atoms with van der Waals surface area (Å²) in [6.45, 7) is 8.06. The summed E-state index contributed by atoms with van der Waals surface area (Å²) < 4.78 is 5.20. The van der Waals surface area contributed by atoms with E-state index in [2.05, 4.69) is 38.2 Å². The largest absolute Gasteiger partial charge is 0.383 e. The van der Waals surface area contributed by atoms with Gasteiger partial charge in [0.05, 0.1) is 6.61 Å². The van der Waals surface area contributed by atoms with E-state index < -0.39 is 0 Å². The summed E-state index contributed by atoms with van der Waals surface area (Å²) in [6.07, 6.45) is 0.930. The van der Waals surface area contributed by atoms with E-state index in [1.807, 2.05) is 0 Å². The first-order valence-electron chi connectivity index (χ1n) is 6.43. The van der Waals surface area contributed by atoms with Crippen molar-refractivity contribution in [2.75, 3.05) is 19.6 Å². The molecule has 1 unspecified atom stereocenters. The summed E-state index contributed by atoms with van der Waals surface area (Å²) in [7, 11) is 1.73. The van der Waals surface area contributed by atoms with E-state index >= 15 is 0 Å². The van der Waals surface area contributed by atoms with Crippen LogP contribution in [-0.2, 0) is 11.3 Å². The topological polar surface area (TPSA) is 21.3 Å². The fourth-order valence-electron chi connectivity index (χ4n) is 2.31. The van der Waals surface area contributed by atoms with Crippen LogP contribution < -0.4 is 5.32 Å². The number of nitrogens with one attached hydrogen (secondary N) is 1. The van der Waals surface area contributed by atoms with Gasteiger partial charge >= 0.3 is 0 Å². The molecule has 0 radical (unpaired) electrons. The highest BCUT2D eigenvalue weighted by Gasteiger charge is 2.09. The van der Waals surface area contributed by atoms with E-state index in [0.29, 0.717) is 18.5 Å². The molecule has 1 aromatic rings. The van der Waals surface area contributed by atoms with Crippen molar-refractivity contribution in [1.82, 2.24) is 5.32 Å². The molecule has 3 heteroatoms. The Labute approximate surface area is 116 Å². The van der Waals surface area contributed by atoms with Crippen molar-refractivity contribution in [2.45, 2.75) is 39.8 Å². The maximum atomic E-state index is 5.80. The third kappa shape index (κ3) is 4.60. The monoisotopic (exact) mass is 269 g/mol. The zero-order chi connectivity index (χ0) is 13.5. The molecule has 0 aliphatic rings. The van der Waals surface area contributed by atoms with Gasteiger partial charge in [0.2, 0.25) is 0 Å². The molecule has 1 atom stereocenters. The Hall–Kier alpha value is -0.570. The number of methoxy groups -OCH3 is 1. The second-order valence-electron chi connectivity index (χ2n) is 4.89. The summed E-state index contributed by atoms with van der Waals surface area (Å²) in [5.41, 5.74) is 5.41. The van der Waals surface area contributed by atoms with Crippen LogP contribution in [0, 0.1) is 20.8 Å². The quantitative estimate of drug-likeness (QED) is 0.767. The molecule has 0 saturated heterocycles. The molecule has 102 valence electrons. The van der Waals surface area contributed by atoms with E-state index in [-0.39, 0.29) is 0 Å². The van der Waals surface area contributed by atoms with Crippen LogP contribution in [0.3, 0.4) is 0 Å². The Morgan fingerprint density at radius 3 is 2.33 bits per heavy atom. The first-order chi connectivity index (χ1) is 8.58. The predicted molar refractivity (Wildman–Crippen MR) is 78.5 cm³/mol. The molecule has 2 nitrogen and oxygen atoms in total. The first-order valence-corrected chi connectivity index (χ1v) is 6.97. The number of hydrogen-bond donors (Lipinski definition) is 1. The fraction of sp³-hybridized carbons (Fsp3) is 0.600. The molecule has 0 aliphatic heterocycles. The molecule has 1 aromatic carbocycles. The van der Waals surface area contributed by atoms with Crippen LogP contribution in [0.15, 0.2) is 12.1 Å². The normalized spacial score (nSPS) is 12.7. The van der Waals surface area contributed by atoms with Crippen LogP contribution in [0.25, 0.3) is 0 Å². The number of aryl methyl sites for hydroxylation is 3. The average Bonchev–Trinajstić information content (AvgIpc) is 2.28. The second-order valence-corrected chi connectivity index (χ2v) is 5.27. The van der Waals surface area contributed by atoms with E-state index in [1.54, 1.807) is 7.11 Å². The third-order valence-electron chi connectivity index (χ3n) is 3.23. The van der Waals surface area contributed by atoms with Crippen molar-refractivity contribution in [2.24, 2.45) is 0 Å². The van der Waals surface area contributed by atoms with Crippen molar-refractivity contribution < 1.29 is 4.74 Å². The first kappa shape index (κ1) is 15.5. The van der Waals surface area contributed by atoms with Gasteiger partial charge in [-0.15, -0.1) is 11.6 Å². The van der Waals surface area contributed by atoms with Crippen LogP contribution in [0.5, 0.6) is 0 Å². The van der Waals surface area contributed by atoms with Gasteiger partial charge in [-0.1, -0.05) is 17.7 Å². The van der Waals surface area contributed by atoms with Crippen molar-refractivity contribution in [3.63, 3.8) is 0 Å². The summed E-state index contributed by atoms with van der Waals surface area (Å²) in [5.74, 6) is 0.660. The molecule has 1 N–H and O–H groups in total. The molecule has 0 heterocycles. The molecule has 0 aromatic heterocycles. The number of hydrogen-bond acceptors (Lipinski definition) is 2. The Morgan fingerprint density at radius 2 is 1.83 bits per heavy atom. The summed E-state index contributed by atoms with van der Waals surface area (Å²) in [5, 5.41) is 3.53. The van der Waals surface area contributed by atoms with Crippen LogP contribution in [0.4, 0.5) is 0 Å². The number of ether oxygens (including phenoxy) is 1. The number of benzene rings is 1. The van der Waals surface area contributed by atoms with Gasteiger partial charge in [0, 0.05) is 25.6 Å². The van der Waals surface area contributed by atoms with Gasteiger partial charge < -0.3 is 10.1 Å². The molecule has 0 spiro atoms. The van der Waals surface area contributed by atoms with Gasteiger partial charge in [-0.2, -0.15) is 0 Å². The van der Waals surface area contributed by atoms with Crippen LogP contribution in [0.1, 0.15) is 28.7 Å². The molecular formula is C15H24ClNO. The van der Waals surface area contributed by atoms with Crippen molar-refractivity contribution in [1.29, 1.82) is 0 Å². The van der Waals surface area contributed by atoms with Crippen molar-refractivity contribution >= 4 is 11.6 Å². The zero-order valence-corrected chi connectivity index (χ0v) is 12.6. The molecule has 18 heavy (non-hydrogen) atoms. The molecule has 0 fully saturated rings. The molecular weight excluding hydrogens is 246 g/mol. The maximum absolute atomic E-state index is 5.80. The average molecular weight is 270 g/mol. The minimum absolute atomic E-state index is 0.326. The molecule has 0 amide bonds. The summed E-state index contributed by atoms with van der Waals surface area (Å²) >= 11 is 5.80. The van der Waals surface area contributed by atoms with Gasteiger partial charge in [0.25, 0.3) is 0 Å². The zero-order valence-electron chi connectivity index (χ0n) is 11.8. The highest BCUT2D eigenvalue weighted by molar-refractivity contribution is 6.17. The Kier molecular flexibility index (Phi) is 6.69. The highest BCUT2D eigenvalue weighted by atomic mass is 35.5. The SMILES string of the molecule is COCC(CCCl)NCc1c(C)cc(C)cc1C. The maximum Gasteiger partial charge on any atom is 0.0616 e. The van der Waals surface area contributed by atoms with Crippen LogP contribution in [-0.4, -0.2) is 25.6 Å². The Balaban J connectivity index is 2.66. The van der Waals surface area contributed by atoms with Crippen LogP contribution >= 0.6 is 11.6 Å². The van der Waals surface area contributed by atoms with Crippen molar-refractivity contribution in [3.8, 4) is 0 Å². The fourth-order valence-corrected chi connectivity index (χ4v) is 2.58. The minimum atomic E-state index is 0.326. The number of rotatable bonds is 7. The number of alkyl halides is 1. The molecule has 0 saturated carbocycles. The summed E-state index contributed by atoms with van der Waals surface area (Å²) in [4.78, 5) is 0. The highest BCUT2D eigenvalue weighted by Crippen LogP contribution is 2.16. The lowest BCUT2D eigenvalue weighted by Gasteiger charge is -2.19. The Bertz CT molecular complexity index is 350. The van der Waals surface area contributed by atoms with E-state index in [1.165, 1.54) is 22.3 Å². The van der Waals surface area contributed by atoms with E-state index in [0.717, 1.165) is 13.0 Å². The van der Waals surface area contributed by atoms with Gasteiger partial charge in [-0.3, -0.25) is 0 Å². The van der Waals surface area contributed by atoms with Crippen LogP contribution in [0.2, 0.25) is 0 Å². The number of halogens is 1. The van der Waals surface area contributed by atoms with E-state index in [9.17, 15) is 0 Å². The minimum Gasteiger partial charge on any atom is -0.383 e. The lowest BCUT2D eigenvalue weighted by molar-refractivity contribution is 0.164. The van der Waals surface area contributed by atoms with Gasteiger partial charge in [-0.25, -0.2) is 0 Å². The lowest BCUT2D eigenvalue weighted by Crippen LogP contribution is -2.33. The third-order valence-corrected chi connectivity index (χ3v) is 3.45. The summed E-state index contributed by atoms with van der Waals surface area (Å²) in [6, 6.07) is 4.79. The second kappa shape index (κ2) is 7.78. The van der Waals surface area contributed by atoms with Gasteiger partial charge in [0.15, 0.2) is 0 Å². The Morgan fingerprint density at radius 1 is 1.22 bits per heavy atom. The van der Waals surface area contributed by atoms with Gasteiger partial charge in [-0.05, 0) is 43.9 Å². The standard InChI is InChI=1S/C15H24ClNO/c1-11-7-12(2)15(13(3)8-11)9-17-14(5-6-16)10-18-4/h7-8,14,17H,5-6,9-10H2,1-4H3. The van der Waals surface area contributed by atoms with E-state index in [4.69, 9.17) is 16.3 Å². The molecule has 0 aliphatic carbocycles. The smallest absolute Gasteiger partial charge is 0.0616 e. The van der Waals surface area contributed by atoms with Crippen molar-refractivity contribution in [3.05, 3.63) is 34.4 Å².